The van der Waals surface area contributed by atoms with Gasteiger partial charge in [-0.1, -0.05) is 30.3 Å². The molecule has 1 amide bonds. The van der Waals surface area contributed by atoms with E-state index in [-0.39, 0.29) is 12.0 Å². The first-order valence-electron chi connectivity index (χ1n) is 10.7. The molecule has 3 heterocycles. The lowest BCUT2D eigenvalue weighted by atomic mass is 9.99. The van der Waals surface area contributed by atoms with Crippen LogP contribution in [0.1, 0.15) is 35.1 Å². The Labute approximate surface area is 172 Å². The second-order valence-electron chi connectivity index (χ2n) is 8.28. The van der Waals surface area contributed by atoms with Crippen LogP contribution in [0.4, 0.5) is 0 Å². The van der Waals surface area contributed by atoms with Crippen molar-refractivity contribution in [1.82, 2.24) is 9.80 Å². The van der Waals surface area contributed by atoms with Crippen molar-refractivity contribution in [2.45, 2.75) is 45.0 Å². The fourth-order valence-corrected chi connectivity index (χ4v) is 4.66. The summed E-state index contributed by atoms with van der Waals surface area (Å²) < 4.78 is 11.5. The Morgan fingerprint density at radius 1 is 1.00 bits per heavy atom. The van der Waals surface area contributed by atoms with Crippen LogP contribution in [0.3, 0.4) is 0 Å². The van der Waals surface area contributed by atoms with Gasteiger partial charge in [0.05, 0.1) is 6.54 Å². The molecule has 1 atom stereocenters. The molecule has 2 aromatic carbocycles. The molecule has 1 saturated heterocycles. The number of amides is 1. The van der Waals surface area contributed by atoms with Gasteiger partial charge < -0.3 is 14.4 Å². The van der Waals surface area contributed by atoms with E-state index in [1.54, 1.807) is 0 Å². The molecular weight excluding hydrogens is 364 g/mol. The van der Waals surface area contributed by atoms with Gasteiger partial charge in [-0.3, -0.25) is 9.69 Å². The van der Waals surface area contributed by atoms with Crippen LogP contribution in [-0.4, -0.2) is 48.1 Å². The van der Waals surface area contributed by atoms with Gasteiger partial charge in [0, 0.05) is 38.3 Å². The first-order valence-corrected chi connectivity index (χ1v) is 10.7. The highest BCUT2D eigenvalue weighted by Crippen LogP contribution is 2.27. The molecule has 0 bridgehead atoms. The Hall–Kier alpha value is -2.37. The average molecular weight is 392 g/mol. The number of carbonyl (C=O) groups is 1. The van der Waals surface area contributed by atoms with E-state index >= 15 is 0 Å². The second-order valence-corrected chi connectivity index (χ2v) is 8.28. The molecule has 152 valence electrons. The summed E-state index contributed by atoms with van der Waals surface area (Å²) in [5.74, 6) is 1.01. The molecule has 5 nitrogen and oxygen atoms in total. The molecule has 0 saturated carbocycles. The standard InChI is InChI=1S/C24H28N2O3/c27-24(23-6-3-12-28-23)26-11-13-29-22-8-7-18(14-21(22)17-26)15-25-10-9-19-4-1-2-5-20(19)16-25/h1-2,4-5,7-8,14,23H,3,6,9-13,15-17H2. The Kier molecular flexibility index (Phi) is 5.25. The average Bonchev–Trinajstić information content (AvgIpc) is 3.20. The summed E-state index contributed by atoms with van der Waals surface area (Å²) in [4.78, 5) is 17.2. The maximum Gasteiger partial charge on any atom is 0.252 e. The predicted molar refractivity (Wildman–Crippen MR) is 111 cm³/mol. The molecule has 5 heteroatoms. The lowest BCUT2D eigenvalue weighted by Crippen LogP contribution is -2.39. The third-order valence-electron chi connectivity index (χ3n) is 6.24. The fourth-order valence-electron chi connectivity index (χ4n) is 4.66. The van der Waals surface area contributed by atoms with Gasteiger partial charge in [-0.2, -0.15) is 0 Å². The number of ether oxygens (including phenoxy) is 2. The van der Waals surface area contributed by atoms with Crippen LogP contribution in [0.25, 0.3) is 0 Å². The van der Waals surface area contributed by atoms with Crippen LogP contribution in [-0.2, 0) is 35.6 Å². The van der Waals surface area contributed by atoms with Gasteiger partial charge in [-0.25, -0.2) is 0 Å². The molecule has 3 aliphatic heterocycles. The first-order chi connectivity index (χ1) is 14.3. The largest absolute Gasteiger partial charge is 0.491 e. The number of rotatable bonds is 3. The number of fused-ring (bicyclic) bond motifs is 2. The highest BCUT2D eigenvalue weighted by molar-refractivity contribution is 5.81. The van der Waals surface area contributed by atoms with Crippen LogP contribution in [0.2, 0.25) is 0 Å². The van der Waals surface area contributed by atoms with Gasteiger partial charge in [0.1, 0.15) is 18.5 Å². The zero-order chi connectivity index (χ0) is 19.6. The van der Waals surface area contributed by atoms with E-state index in [1.165, 1.54) is 16.7 Å². The molecule has 0 spiro atoms. The Morgan fingerprint density at radius 3 is 2.76 bits per heavy atom. The summed E-state index contributed by atoms with van der Waals surface area (Å²) in [7, 11) is 0. The monoisotopic (exact) mass is 392 g/mol. The quantitative estimate of drug-likeness (QED) is 0.805. The van der Waals surface area contributed by atoms with Crippen molar-refractivity contribution in [2.75, 3.05) is 26.3 Å². The van der Waals surface area contributed by atoms with E-state index < -0.39 is 0 Å². The summed E-state index contributed by atoms with van der Waals surface area (Å²) in [5.41, 5.74) is 5.29. The van der Waals surface area contributed by atoms with E-state index in [2.05, 4.69) is 47.4 Å². The molecule has 3 aliphatic rings. The van der Waals surface area contributed by atoms with Crippen molar-refractivity contribution >= 4 is 5.91 Å². The van der Waals surface area contributed by atoms with Crippen molar-refractivity contribution < 1.29 is 14.3 Å². The molecule has 1 unspecified atom stereocenters. The number of carbonyl (C=O) groups excluding carboxylic acids is 1. The summed E-state index contributed by atoms with van der Waals surface area (Å²) in [6.45, 7) is 5.44. The number of benzene rings is 2. The minimum Gasteiger partial charge on any atom is -0.491 e. The number of hydrogen-bond donors (Lipinski definition) is 0. The summed E-state index contributed by atoms with van der Waals surface area (Å²) in [6, 6.07) is 15.2. The van der Waals surface area contributed by atoms with Crippen LogP contribution in [0, 0.1) is 0 Å². The highest BCUT2D eigenvalue weighted by Gasteiger charge is 2.30. The molecule has 2 aromatic rings. The van der Waals surface area contributed by atoms with E-state index in [0.29, 0.717) is 26.3 Å². The summed E-state index contributed by atoms with van der Waals surface area (Å²) >= 11 is 0. The van der Waals surface area contributed by atoms with Crippen LogP contribution < -0.4 is 4.74 Å². The van der Waals surface area contributed by atoms with Crippen molar-refractivity contribution in [3.8, 4) is 5.75 Å². The van der Waals surface area contributed by atoms with Crippen LogP contribution in [0.15, 0.2) is 42.5 Å². The maximum atomic E-state index is 12.8. The van der Waals surface area contributed by atoms with Crippen molar-refractivity contribution in [2.24, 2.45) is 0 Å². The number of nitrogens with zero attached hydrogens (tertiary/aromatic N) is 2. The lowest BCUT2D eigenvalue weighted by Gasteiger charge is -2.29. The first kappa shape index (κ1) is 18.6. The van der Waals surface area contributed by atoms with Gasteiger partial charge in [0.25, 0.3) is 5.91 Å². The minimum absolute atomic E-state index is 0.108. The molecule has 0 radical (unpaired) electrons. The molecule has 5 rings (SSSR count). The van der Waals surface area contributed by atoms with Gasteiger partial charge in [0.2, 0.25) is 0 Å². The van der Waals surface area contributed by atoms with Gasteiger partial charge in [-0.15, -0.1) is 0 Å². The molecule has 29 heavy (non-hydrogen) atoms. The third-order valence-corrected chi connectivity index (χ3v) is 6.24. The van der Waals surface area contributed by atoms with E-state index in [9.17, 15) is 4.79 Å². The third kappa shape index (κ3) is 4.02. The van der Waals surface area contributed by atoms with Crippen LogP contribution >= 0.6 is 0 Å². The normalized spacial score (nSPS) is 21.8. The van der Waals surface area contributed by atoms with Crippen LogP contribution in [0.5, 0.6) is 5.75 Å². The van der Waals surface area contributed by atoms with Gasteiger partial charge in [0.15, 0.2) is 0 Å². The molecule has 0 aromatic heterocycles. The SMILES string of the molecule is O=C(C1CCCO1)N1CCOc2ccc(CN3CCc4ccccc4C3)cc2C1. The van der Waals surface area contributed by atoms with Crippen molar-refractivity contribution in [3.63, 3.8) is 0 Å². The van der Waals surface area contributed by atoms with E-state index in [1.807, 2.05) is 4.90 Å². The Balaban J connectivity index is 1.29. The Morgan fingerprint density at radius 2 is 1.90 bits per heavy atom. The highest BCUT2D eigenvalue weighted by atomic mass is 16.5. The van der Waals surface area contributed by atoms with Crippen molar-refractivity contribution in [3.05, 3.63) is 64.7 Å². The fraction of sp³-hybridized carbons (Fsp3) is 0.458. The Bertz CT molecular complexity index is 891. The lowest BCUT2D eigenvalue weighted by molar-refractivity contribution is -0.141. The summed E-state index contributed by atoms with van der Waals surface area (Å²) in [5, 5.41) is 0. The zero-order valence-corrected chi connectivity index (χ0v) is 16.8. The topological polar surface area (TPSA) is 42.0 Å². The zero-order valence-electron chi connectivity index (χ0n) is 16.8. The van der Waals surface area contributed by atoms with E-state index in [0.717, 1.165) is 50.2 Å². The van der Waals surface area contributed by atoms with Crippen molar-refractivity contribution in [1.29, 1.82) is 0 Å². The predicted octanol–water partition coefficient (Wildman–Crippen LogP) is 3.14. The van der Waals surface area contributed by atoms with E-state index in [4.69, 9.17) is 9.47 Å². The maximum absolute atomic E-state index is 12.8. The summed E-state index contributed by atoms with van der Waals surface area (Å²) in [6.07, 6.45) is 2.64. The second kappa shape index (κ2) is 8.17. The van der Waals surface area contributed by atoms with Gasteiger partial charge >= 0.3 is 0 Å². The molecular formula is C24H28N2O3. The van der Waals surface area contributed by atoms with Gasteiger partial charge in [-0.05, 0) is 48.1 Å². The molecule has 0 N–H and O–H groups in total. The number of hydrogen-bond acceptors (Lipinski definition) is 4. The minimum atomic E-state index is -0.270. The smallest absolute Gasteiger partial charge is 0.252 e. The molecule has 1 fully saturated rings. The molecule has 0 aliphatic carbocycles.